The third-order valence-electron chi connectivity index (χ3n) is 12.3. The molecule has 0 spiro atoms. The second-order valence-electron chi connectivity index (χ2n) is 20.2. The number of rotatable bonds is 52. The molecule has 0 amide bonds. The van der Waals surface area contributed by atoms with Gasteiger partial charge in [-0.3, -0.25) is 9.59 Å². The predicted molar refractivity (Wildman–Crippen MR) is 290 cm³/mol. The molecule has 0 bridgehead atoms. The lowest BCUT2D eigenvalue weighted by atomic mass is 10.0. The normalized spacial score (nSPS) is 13.2. The zero-order valence-electron chi connectivity index (χ0n) is 45.5. The van der Waals surface area contributed by atoms with Gasteiger partial charge in [0, 0.05) is 12.8 Å². The average Bonchev–Trinajstić information content (AvgIpc) is 3.31. The van der Waals surface area contributed by atoms with Crippen LogP contribution in [0.5, 0.6) is 0 Å². The summed E-state index contributed by atoms with van der Waals surface area (Å²) in [5.74, 6) is -2.11. The first-order chi connectivity index (χ1) is 33.6. The number of unbranched alkanes of at least 4 members (excludes halogenated alkanes) is 27. The Morgan fingerprint density at radius 2 is 0.855 bits per heavy atom. The number of nitrogens with zero attached hydrogens (tertiary/aromatic N) is 1. The van der Waals surface area contributed by atoms with Gasteiger partial charge in [0.25, 0.3) is 6.29 Å². The van der Waals surface area contributed by atoms with E-state index in [1.165, 1.54) is 167 Å². The van der Waals surface area contributed by atoms with E-state index in [0.717, 1.165) is 44.9 Å². The Morgan fingerprint density at radius 3 is 1.29 bits per heavy atom. The number of aliphatic carboxylic acids is 1. The van der Waals surface area contributed by atoms with Crippen molar-refractivity contribution in [2.75, 3.05) is 47.5 Å². The highest BCUT2D eigenvalue weighted by Crippen LogP contribution is 2.16. The lowest BCUT2D eigenvalue weighted by Crippen LogP contribution is -2.40. The van der Waals surface area contributed by atoms with Gasteiger partial charge in [0.1, 0.15) is 13.2 Å². The molecule has 0 saturated carbocycles. The first-order valence-corrected chi connectivity index (χ1v) is 28.5. The van der Waals surface area contributed by atoms with Crippen LogP contribution >= 0.6 is 0 Å². The summed E-state index contributed by atoms with van der Waals surface area (Å²) in [7, 11) is 5.94. The van der Waals surface area contributed by atoms with Crippen molar-refractivity contribution < 1.29 is 42.9 Å². The summed E-state index contributed by atoms with van der Waals surface area (Å²) in [6, 6.07) is 0. The molecule has 0 heterocycles. The first kappa shape index (κ1) is 66.0. The van der Waals surface area contributed by atoms with Crippen LogP contribution in [-0.2, 0) is 33.3 Å². The molecule has 0 aromatic heterocycles. The van der Waals surface area contributed by atoms with Gasteiger partial charge >= 0.3 is 17.9 Å². The van der Waals surface area contributed by atoms with E-state index in [-0.39, 0.29) is 38.6 Å². The molecule has 0 aliphatic rings. The standard InChI is InChI=1S/C60H107NO8/c1-6-8-10-12-14-16-18-20-21-22-23-24-25-26-27-28-29-30-31-32-33-34-35-36-37-39-40-42-44-46-48-50-57(62)67-54-56(55-68-60(59(64)65)66-53-52-61(3,4)5)69-58(63)51-49-47-45-43-41-38-19-17-15-13-11-9-7-2/h9,11,15,17,22-23,38,41,45,47,56,60H,6-8,10,12-14,16,18-21,24-37,39-40,42-44,46,48-55H2,1-5H3/p+1/b11-9-,17-15-,23-22-,41-38-,47-45-. The van der Waals surface area contributed by atoms with E-state index in [0.29, 0.717) is 17.4 Å². The molecule has 400 valence electrons. The lowest BCUT2D eigenvalue weighted by Gasteiger charge is -2.25. The van der Waals surface area contributed by atoms with Crippen molar-refractivity contribution in [2.45, 2.75) is 257 Å². The summed E-state index contributed by atoms with van der Waals surface area (Å²) in [5.41, 5.74) is 0. The van der Waals surface area contributed by atoms with Gasteiger partial charge in [0.2, 0.25) is 0 Å². The molecule has 9 nitrogen and oxygen atoms in total. The number of hydrogen-bond donors (Lipinski definition) is 1. The zero-order chi connectivity index (χ0) is 50.6. The smallest absolute Gasteiger partial charge is 0.361 e. The topological polar surface area (TPSA) is 108 Å². The van der Waals surface area contributed by atoms with Gasteiger partial charge in [-0.1, -0.05) is 229 Å². The van der Waals surface area contributed by atoms with Gasteiger partial charge in [-0.2, -0.15) is 0 Å². The van der Waals surface area contributed by atoms with Crippen LogP contribution in [0.4, 0.5) is 0 Å². The van der Waals surface area contributed by atoms with Crippen molar-refractivity contribution in [3.63, 3.8) is 0 Å². The highest BCUT2D eigenvalue weighted by atomic mass is 16.7. The monoisotopic (exact) mass is 971 g/mol. The number of carbonyl (C=O) groups is 3. The average molecular weight is 972 g/mol. The number of quaternary nitrogens is 1. The van der Waals surface area contributed by atoms with Gasteiger partial charge in [-0.15, -0.1) is 0 Å². The second kappa shape index (κ2) is 51.3. The minimum absolute atomic E-state index is 0.138. The first-order valence-electron chi connectivity index (χ1n) is 28.5. The summed E-state index contributed by atoms with van der Waals surface area (Å²) in [6.07, 6.45) is 62.1. The molecule has 9 heteroatoms. The maximum Gasteiger partial charge on any atom is 0.361 e. The Bertz CT molecular complexity index is 1310. The van der Waals surface area contributed by atoms with E-state index in [4.69, 9.17) is 18.9 Å². The fourth-order valence-corrected chi connectivity index (χ4v) is 7.91. The maximum atomic E-state index is 12.7. The van der Waals surface area contributed by atoms with Gasteiger partial charge in [-0.25, -0.2) is 4.79 Å². The van der Waals surface area contributed by atoms with Crippen LogP contribution < -0.4 is 0 Å². The quantitative estimate of drug-likeness (QED) is 0.0211. The molecular weight excluding hydrogens is 863 g/mol. The maximum absolute atomic E-state index is 12.7. The van der Waals surface area contributed by atoms with Crippen molar-refractivity contribution in [3.05, 3.63) is 60.8 Å². The molecule has 0 aliphatic carbocycles. The summed E-state index contributed by atoms with van der Waals surface area (Å²) >= 11 is 0. The molecule has 2 atom stereocenters. The van der Waals surface area contributed by atoms with E-state index >= 15 is 0 Å². The number of esters is 2. The van der Waals surface area contributed by atoms with Crippen LogP contribution in [-0.4, -0.2) is 87.4 Å². The van der Waals surface area contributed by atoms with E-state index < -0.39 is 24.3 Å². The van der Waals surface area contributed by atoms with Crippen molar-refractivity contribution in [1.82, 2.24) is 0 Å². The highest BCUT2D eigenvalue weighted by molar-refractivity contribution is 5.71. The Labute approximate surface area is 425 Å². The fraction of sp³-hybridized carbons (Fsp3) is 0.783. The van der Waals surface area contributed by atoms with E-state index in [2.05, 4.69) is 62.5 Å². The van der Waals surface area contributed by atoms with Crippen LogP contribution in [0.15, 0.2) is 60.8 Å². The molecule has 0 aliphatic heterocycles. The number of ether oxygens (including phenoxy) is 4. The van der Waals surface area contributed by atoms with Crippen LogP contribution in [0.2, 0.25) is 0 Å². The molecule has 69 heavy (non-hydrogen) atoms. The van der Waals surface area contributed by atoms with Crippen LogP contribution in [0.1, 0.15) is 245 Å². The zero-order valence-corrected chi connectivity index (χ0v) is 45.5. The molecule has 0 aromatic carbocycles. The molecule has 0 fully saturated rings. The Balaban J connectivity index is 4.10. The third-order valence-corrected chi connectivity index (χ3v) is 12.3. The van der Waals surface area contributed by atoms with Crippen LogP contribution in [0.3, 0.4) is 0 Å². The van der Waals surface area contributed by atoms with Crippen LogP contribution in [0, 0.1) is 0 Å². The fourth-order valence-electron chi connectivity index (χ4n) is 7.91. The van der Waals surface area contributed by atoms with Crippen LogP contribution in [0.25, 0.3) is 0 Å². The molecular formula is C60H108NO8+. The van der Waals surface area contributed by atoms with E-state index in [1.807, 2.05) is 33.3 Å². The summed E-state index contributed by atoms with van der Waals surface area (Å²) < 4.78 is 22.7. The van der Waals surface area contributed by atoms with Crippen molar-refractivity contribution >= 4 is 17.9 Å². The van der Waals surface area contributed by atoms with Gasteiger partial charge in [-0.05, 0) is 64.2 Å². The molecule has 0 saturated heterocycles. The minimum Gasteiger partial charge on any atom is -0.477 e. The Kier molecular flexibility index (Phi) is 49.1. The minimum atomic E-state index is -1.53. The number of carboxylic acid groups (broad SMARTS) is 1. The highest BCUT2D eigenvalue weighted by Gasteiger charge is 2.25. The third kappa shape index (κ3) is 52.6. The van der Waals surface area contributed by atoms with E-state index in [1.54, 1.807) is 0 Å². The largest absolute Gasteiger partial charge is 0.477 e. The molecule has 2 unspecified atom stereocenters. The number of hydrogen-bond acceptors (Lipinski definition) is 7. The summed E-state index contributed by atoms with van der Waals surface area (Å²) in [4.78, 5) is 37.2. The van der Waals surface area contributed by atoms with Gasteiger partial charge in [0.05, 0.1) is 34.4 Å². The molecule has 0 aromatic rings. The molecule has 0 radical (unpaired) electrons. The Morgan fingerprint density at radius 1 is 0.449 bits per heavy atom. The lowest BCUT2D eigenvalue weighted by molar-refractivity contribution is -0.870. The number of carboxylic acids is 1. The number of carbonyl (C=O) groups excluding carboxylic acids is 2. The number of allylic oxidation sites excluding steroid dienone is 10. The van der Waals surface area contributed by atoms with Crippen molar-refractivity contribution in [3.8, 4) is 0 Å². The van der Waals surface area contributed by atoms with Crippen molar-refractivity contribution in [1.29, 1.82) is 0 Å². The molecule has 0 rings (SSSR count). The molecule has 1 N–H and O–H groups in total. The second-order valence-corrected chi connectivity index (χ2v) is 20.2. The van der Waals surface area contributed by atoms with Gasteiger partial charge in [0.15, 0.2) is 6.10 Å². The van der Waals surface area contributed by atoms with E-state index in [9.17, 15) is 19.5 Å². The summed E-state index contributed by atoms with van der Waals surface area (Å²) in [6.45, 7) is 4.69. The summed E-state index contributed by atoms with van der Waals surface area (Å²) in [5, 5.41) is 9.66. The number of likely N-dealkylation sites (N-methyl/N-ethyl adjacent to an activating group) is 1. The predicted octanol–water partition coefficient (Wildman–Crippen LogP) is 16.5. The van der Waals surface area contributed by atoms with Gasteiger partial charge < -0.3 is 28.5 Å². The van der Waals surface area contributed by atoms with Crippen molar-refractivity contribution in [2.24, 2.45) is 0 Å². The Hall–Kier alpha value is -3.01. The SMILES string of the molecule is CC/C=C\C/C=C\C/C=C\C/C=C\CCC(=O)OC(COC(=O)CCCCCCCCCCCCCCCCCCCCC/C=C\CCCCCCCCCC)COC(OCC[N+](C)(C)C)C(=O)O.